The van der Waals surface area contributed by atoms with Crippen LogP contribution in [0, 0.1) is 0 Å². The second kappa shape index (κ2) is 5.91. The highest BCUT2D eigenvalue weighted by atomic mass is 35.5. The molecule has 3 heterocycles. The van der Waals surface area contributed by atoms with Gasteiger partial charge in [-0.2, -0.15) is 0 Å². The number of hydrogen-bond donors (Lipinski definition) is 1. The predicted molar refractivity (Wildman–Crippen MR) is 79.1 cm³/mol. The Morgan fingerprint density at radius 3 is 3.15 bits per heavy atom. The minimum absolute atomic E-state index is 0.0341. The minimum atomic E-state index is -0.139. The van der Waals surface area contributed by atoms with Crippen molar-refractivity contribution < 1.29 is 9.84 Å². The number of morpholine rings is 1. The Morgan fingerprint density at radius 2 is 2.35 bits per heavy atom. The van der Waals surface area contributed by atoms with Crippen molar-refractivity contribution in [1.82, 2.24) is 14.9 Å². The van der Waals surface area contributed by atoms with Crippen LogP contribution in [0.3, 0.4) is 0 Å². The molecule has 20 heavy (non-hydrogen) atoms. The molecule has 3 rings (SSSR count). The summed E-state index contributed by atoms with van der Waals surface area (Å²) >= 11 is 7.74. The molecule has 0 saturated carbocycles. The third kappa shape index (κ3) is 2.94. The van der Waals surface area contributed by atoms with Crippen molar-refractivity contribution in [2.45, 2.75) is 25.7 Å². The molecule has 2 aromatic heterocycles. The van der Waals surface area contributed by atoms with Gasteiger partial charge in [0, 0.05) is 18.5 Å². The van der Waals surface area contributed by atoms with Gasteiger partial charge in [-0.1, -0.05) is 11.6 Å². The summed E-state index contributed by atoms with van der Waals surface area (Å²) in [6, 6.07) is 1.94. The van der Waals surface area contributed by atoms with Crippen molar-refractivity contribution in [1.29, 1.82) is 0 Å². The molecule has 108 valence electrons. The van der Waals surface area contributed by atoms with Crippen LogP contribution < -0.4 is 0 Å². The Balaban J connectivity index is 1.78. The van der Waals surface area contributed by atoms with E-state index in [1.807, 2.05) is 18.4 Å². The molecule has 1 fully saturated rings. The van der Waals surface area contributed by atoms with Gasteiger partial charge in [-0.15, -0.1) is 11.3 Å². The molecule has 0 amide bonds. The molecule has 0 radical (unpaired) electrons. The SMILES string of the molecule is CC1CN(Cc2nc(Cl)c3ccsc3n2)CC(CO)O1. The lowest BCUT2D eigenvalue weighted by atomic mass is 10.2. The van der Waals surface area contributed by atoms with E-state index in [4.69, 9.17) is 16.3 Å². The third-order valence-electron chi connectivity index (χ3n) is 3.30. The normalized spacial score (nSPS) is 24.4. The Labute approximate surface area is 126 Å². The largest absolute Gasteiger partial charge is 0.394 e. The smallest absolute Gasteiger partial charge is 0.145 e. The van der Waals surface area contributed by atoms with Gasteiger partial charge < -0.3 is 9.84 Å². The van der Waals surface area contributed by atoms with E-state index in [1.54, 1.807) is 11.3 Å². The summed E-state index contributed by atoms with van der Waals surface area (Å²) in [5, 5.41) is 12.6. The van der Waals surface area contributed by atoms with Crippen LogP contribution in [0.5, 0.6) is 0 Å². The van der Waals surface area contributed by atoms with E-state index < -0.39 is 0 Å². The fourth-order valence-electron chi connectivity index (χ4n) is 2.50. The van der Waals surface area contributed by atoms with Gasteiger partial charge in [-0.25, -0.2) is 9.97 Å². The molecule has 2 unspecified atom stereocenters. The summed E-state index contributed by atoms with van der Waals surface area (Å²) in [5.74, 6) is 0.718. The van der Waals surface area contributed by atoms with Crippen molar-refractivity contribution in [3.05, 3.63) is 22.4 Å². The maximum absolute atomic E-state index is 9.25. The third-order valence-corrected chi connectivity index (χ3v) is 4.39. The van der Waals surface area contributed by atoms with Crippen molar-refractivity contribution in [3.63, 3.8) is 0 Å². The van der Waals surface area contributed by atoms with Crippen LogP contribution in [0.2, 0.25) is 5.15 Å². The first-order valence-corrected chi connectivity index (χ1v) is 7.79. The highest BCUT2D eigenvalue weighted by Crippen LogP contribution is 2.25. The van der Waals surface area contributed by atoms with E-state index in [0.717, 1.165) is 22.6 Å². The molecule has 2 aromatic rings. The van der Waals surface area contributed by atoms with E-state index in [9.17, 15) is 5.11 Å². The van der Waals surface area contributed by atoms with Crippen LogP contribution in [0.15, 0.2) is 11.4 Å². The number of aliphatic hydroxyl groups is 1. The number of nitrogens with zero attached hydrogens (tertiary/aromatic N) is 3. The van der Waals surface area contributed by atoms with Gasteiger partial charge in [0.15, 0.2) is 0 Å². The van der Waals surface area contributed by atoms with Gasteiger partial charge in [-0.05, 0) is 18.4 Å². The second-order valence-corrected chi connectivity index (χ2v) is 6.27. The fourth-order valence-corrected chi connectivity index (χ4v) is 3.59. The fraction of sp³-hybridized carbons (Fsp3) is 0.538. The van der Waals surface area contributed by atoms with Crippen LogP contribution in [0.25, 0.3) is 10.2 Å². The van der Waals surface area contributed by atoms with E-state index in [0.29, 0.717) is 18.2 Å². The van der Waals surface area contributed by atoms with Crippen LogP contribution in [-0.2, 0) is 11.3 Å². The number of aliphatic hydroxyl groups excluding tert-OH is 1. The van der Waals surface area contributed by atoms with Gasteiger partial charge in [0.2, 0.25) is 0 Å². The molecule has 2 atom stereocenters. The molecule has 1 N–H and O–H groups in total. The number of rotatable bonds is 3. The maximum atomic E-state index is 9.25. The minimum Gasteiger partial charge on any atom is -0.394 e. The van der Waals surface area contributed by atoms with E-state index >= 15 is 0 Å². The second-order valence-electron chi connectivity index (χ2n) is 5.02. The molecule has 1 aliphatic heterocycles. The standard InChI is InChI=1S/C13H16ClN3O2S/c1-8-4-17(5-9(7-18)19-8)6-11-15-12(14)10-2-3-20-13(10)16-11/h2-3,8-9,18H,4-7H2,1H3. The molecule has 5 nitrogen and oxygen atoms in total. The number of aromatic nitrogens is 2. The first-order chi connectivity index (χ1) is 9.65. The highest BCUT2D eigenvalue weighted by Gasteiger charge is 2.25. The van der Waals surface area contributed by atoms with Gasteiger partial charge in [0.05, 0.1) is 25.4 Å². The molecular formula is C13H16ClN3O2S. The first-order valence-electron chi connectivity index (χ1n) is 6.54. The molecule has 0 aromatic carbocycles. The molecule has 7 heteroatoms. The van der Waals surface area contributed by atoms with Gasteiger partial charge in [-0.3, -0.25) is 4.90 Å². The Hall–Kier alpha value is -0.790. The number of halogens is 1. The van der Waals surface area contributed by atoms with Crippen molar-refractivity contribution in [2.24, 2.45) is 0 Å². The van der Waals surface area contributed by atoms with Crippen LogP contribution >= 0.6 is 22.9 Å². The summed E-state index contributed by atoms with van der Waals surface area (Å²) in [5.41, 5.74) is 0. The molecular weight excluding hydrogens is 298 g/mol. The monoisotopic (exact) mass is 313 g/mol. The summed E-state index contributed by atoms with van der Waals surface area (Å²) in [6.07, 6.45) is -0.0402. The lowest BCUT2D eigenvalue weighted by Gasteiger charge is -2.35. The average Bonchev–Trinajstić information content (AvgIpc) is 2.86. The maximum Gasteiger partial charge on any atom is 0.145 e. The zero-order valence-corrected chi connectivity index (χ0v) is 12.7. The lowest BCUT2D eigenvalue weighted by molar-refractivity contribution is -0.0977. The summed E-state index contributed by atoms with van der Waals surface area (Å²) in [7, 11) is 0. The van der Waals surface area contributed by atoms with Crippen LogP contribution in [0.1, 0.15) is 12.7 Å². The zero-order chi connectivity index (χ0) is 14.1. The number of thiophene rings is 1. The Bertz CT molecular complexity index is 606. The first kappa shape index (κ1) is 14.2. The molecule has 0 aliphatic carbocycles. The van der Waals surface area contributed by atoms with Gasteiger partial charge in [0.1, 0.15) is 15.8 Å². The number of fused-ring (bicyclic) bond motifs is 1. The van der Waals surface area contributed by atoms with Crippen LogP contribution in [0.4, 0.5) is 0 Å². The zero-order valence-electron chi connectivity index (χ0n) is 11.1. The molecule has 1 saturated heterocycles. The highest BCUT2D eigenvalue weighted by molar-refractivity contribution is 7.16. The lowest BCUT2D eigenvalue weighted by Crippen LogP contribution is -2.47. The van der Waals surface area contributed by atoms with Crippen molar-refractivity contribution in [2.75, 3.05) is 19.7 Å². The van der Waals surface area contributed by atoms with E-state index in [1.165, 1.54) is 0 Å². The quantitative estimate of drug-likeness (QED) is 0.877. The summed E-state index contributed by atoms with van der Waals surface area (Å²) in [4.78, 5) is 12.0. The molecule has 0 spiro atoms. The van der Waals surface area contributed by atoms with Crippen molar-refractivity contribution >= 4 is 33.2 Å². The molecule has 1 aliphatic rings. The van der Waals surface area contributed by atoms with Gasteiger partial charge >= 0.3 is 0 Å². The molecule has 0 bridgehead atoms. The van der Waals surface area contributed by atoms with Gasteiger partial charge in [0.25, 0.3) is 0 Å². The van der Waals surface area contributed by atoms with Crippen LogP contribution in [-0.4, -0.2) is 51.9 Å². The van der Waals surface area contributed by atoms with E-state index in [-0.39, 0.29) is 18.8 Å². The number of ether oxygens (including phenoxy) is 1. The van der Waals surface area contributed by atoms with Crippen molar-refractivity contribution in [3.8, 4) is 0 Å². The Morgan fingerprint density at radius 1 is 1.50 bits per heavy atom. The summed E-state index contributed by atoms with van der Waals surface area (Å²) in [6.45, 7) is 4.15. The number of hydrogen-bond acceptors (Lipinski definition) is 6. The average molecular weight is 314 g/mol. The summed E-state index contributed by atoms with van der Waals surface area (Å²) < 4.78 is 5.63. The topological polar surface area (TPSA) is 58.5 Å². The predicted octanol–water partition coefficient (Wildman–Crippen LogP) is 1.93. The van der Waals surface area contributed by atoms with E-state index in [2.05, 4.69) is 14.9 Å². The Kier molecular flexibility index (Phi) is 4.18.